The number of rotatable bonds is 8. The zero-order valence-corrected chi connectivity index (χ0v) is 14.7. The van der Waals surface area contributed by atoms with Crippen LogP contribution in [0.3, 0.4) is 0 Å². The molecule has 126 valence electrons. The molecule has 0 aliphatic carbocycles. The predicted molar refractivity (Wildman–Crippen MR) is 94.8 cm³/mol. The Labute approximate surface area is 139 Å². The monoisotopic (exact) mass is 315 g/mol. The standard InChI is InChI=1S/C19H29N3O/c1-5-16(6-2)19(23)12-20-11-17-13-22(21-15(17)4)18-9-7-14(3)8-10-18/h7-10,13,16,19-20,23H,5-6,11-12H2,1-4H3. The van der Waals surface area contributed by atoms with Gasteiger partial charge in [-0.1, -0.05) is 44.4 Å². The van der Waals surface area contributed by atoms with E-state index in [1.165, 1.54) is 11.1 Å². The zero-order valence-electron chi connectivity index (χ0n) is 14.7. The Balaban J connectivity index is 1.95. The summed E-state index contributed by atoms with van der Waals surface area (Å²) in [6.45, 7) is 9.73. The number of aliphatic hydroxyl groups excluding tert-OH is 1. The molecule has 2 rings (SSSR count). The van der Waals surface area contributed by atoms with Crippen molar-refractivity contribution in [3.05, 3.63) is 47.3 Å². The first kappa shape index (κ1) is 17.7. The summed E-state index contributed by atoms with van der Waals surface area (Å²) in [4.78, 5) is 0. The molecule has 0 fully saturated rings. The van der Waals surface area contributed by atoms with Crippen molar-refractivity contribution in [1.82, 2.24) is 15.1 Å². The molecule has 0 saturated carbocycles. The first-order valence-electron chi connectivity index (χ1n) is 8.56. The smallest absolute Gasteiger partial charge is 0.0692 e. The van der Waals surface area contributed by atoms with Gasteiger partial charge in [0.1, 0.15) is 0 Å². The highest BCUT2D eigenvalue weighted by Gasteiger charge is 2.15. The van der Waals surface area contributed by atoms with Crippen molar-refractivity contribution >= 4 is 0 Å². The average molecular weight is 315 g/mol. The highest BCUT2D eigenvalue weighted by Crippen LogP contribution is 2.14. The average Bonchev–Trinajstić information content (AvgIpc) is 2.90. The molecular weight excluding hydrogens is 286 g/mol. The van der Waals surface area contributed by atoms with E-state index in [1.807, 2.05) is 11.6 Å². The third kappa shape index (κ3) is 4.66. The lowest BCUT2D eigenvalue weighted by molar-refractivity contribution is 0.101. The fraction of sp³-hybridized carbons (Fsp3) is 0.526. The molecule has 0 spiro atoms. The van der Waals surface area contributed by atoms with Crippen LogP contribution < -0.4 is 5.32 Å². The number of hydrogen-bond acceptors (Lipinski definition) is 3. The maximum atomic E-state index is 10.2. The van der Waals surface area contributed by atoms with Gasteiger partial charge in [0.15, 0.2) is 0 Å². The van der Waals surface area contributed by atoms with Gasteiger partial charge < -0.3 is 10.4 Å². The summed E-state index contributed by atoms with van der Waals surface area (Å²) in [5.41, 5.74) is 4.51. The van der Waals surface area contributed by atoms with Crippen LogP contribution in [-0.2, 0) is 6.54 Å². The lowest BCUT2D eigenvalue weighted by atomic mass is 9.96. The van der Waals surface area contributed by atoms with E-state index in [-0.39, 0.29) is 6.10 Å². The molecule has 4 heteroatoms. The van der Waals surface area contributed by atoms with Crippen molar-refractivity contribution in [3.8, 4) is 5.69 Å². The molecular formula is C19H29N3O. The van der Waals surface area contributed by atoms with Crippen LogP contribution >= 0.6 is 0 Å². The number of nitrogens with zero attached hydrogens (tertiary/aromatic N) is 2. The van der Waals surface area contributed by atoms with Gasteiger partial charge in [-0.25, -0.2) is 4.68 Å². The third-order valence-electron chi connectivity index (χ3n) is 4.56. The van der Waals surface area contributed by atoms with E-state index < -0.39 is 0 Å². The maximum absolute atomic E-state index is 10.2. The molecule has 1 atom stereocenters. The van der Waals surface area contributed by atoms with Gasteiger partial charge in [0, 0.05) is 24.8 Å². The van der Waals surface area contributed by atoms with Crippen LogP contribution in [0.5, 0.6) is 0 Å². The van der Waals surface area contributed by atoms with Crippen LogP contribution in [0.15, 0.2) is 30.5 Å². The van der Waals surface area contributed by atoms with Gasteiger partial charge in [-0.05, 0) is 31.9 Å². The summed E-state index contributed by atoms with van der Waals surface area (Å²) in [5.74, 6) is 0.374. The molecule has 1 aromatic carbocycles. The fourth-order valence-electron chi connectivity index (χ4n) is 2.85. The second kappa shape index (κ2) is 8.27. The van der Waals surface area contributed by atoms with Gasteiger partial charge in [0.25, 0.3) is 0 Å². The Kier molecular flexibility index (Phi) is 6.37. The molecule has 23 heavy (non-hydrogen) atoms. The normalized spacial score (nSPS) is 12.8. The van der Waals surface area contributed by atoms with Crippen molar-refractivity contribution in [1.29, 1.82) is 0 Å². The first-order chi connectivity index (χ1) is 11.0. The van der Waals surface area contributed by atoms with E-state index in [0.717, 1.165) is 30.8 Å². The predicted octanol–water partition coefficient (Wildman–Crippen LogP) is 3.38. The van der Waals surface area contributed by atoms with E-state index in [2.05, 4.69) is 61.6 Å². The van der Waals surface area contributed by atoms with Crippen LogP contribution in [0.4, 0.5) is 0 Å². The summed E-state index contributed by atoms with van der Waals surface area (Å²) in [5, 5.41) is 18.1. The SMILES string of the molecule is CCC(CC)C(O)CNCc1cn(-c2ccc(C)cc2)nc1C. The third-order valence-corrected chi connectivity index (χ3v) is 4.56. The number of hydrogen-bond donors (Lipinski definition) is 2. The van der Waals surface area contributed by atoms with Gasteiger partial charge in [-0.3, -0.25) is 0 Å². The second-order valence-corrected chi connectivity index (χ2v) is 6.29. The second-order valence-electron chi connectivity index (χ2n) is 6.29. The van der Waals surface area contributed by atoms with Gasteiger partial charge >= 0.3 is 0 Å². The van der Waals surface area contributed by atoms with Crippen LogP contribution in [0.2, 0.25) is 0 Å². The summed E-state index contributed by atoms with van der Waals surface area (Å²) < 4.78 is 1.92. The van der Waals surface area contributed by atoms with E-state index >= 15 is 0 Å². The quantitative estimate of drug-likeness (QED) is 0.785. The first-order valence-corrected chi connectivity index (χ1v) is 8.56. The highest BCUT2D eigenvalue weighted by molar-refractivity contribution is 5.35. The molecule has 1 unspecified atom stereocenters. The maximum Gasteiger partial charge on any atom is 0.0692 e. The van der Waals surface area contributed by atoms with E-state index in [0.29, 0.717) is 12.5 Å². The fourth-order valence-corrected chi connectivity index (χ4v) is 2.85. The summed E-state index contributed by atoms with van der Waals surface area (Å²) >= 11 is 0. The molecule has 1 aromatic heterocycles. The summed E-state index contributed by atoms with van der Waals surface area (Å²) in [6.07, 6.45) is 3.82. The van der Waals surface area contributed by atoms with Crippen molar-refractivity contribution < 1.29 is 5.11 Å². The topological polar surface area (TPSA) is 50.1 Å². The van der Waals surface area contributed by atoms with Gasteiger partial charge in [0.2, 0.25) is 0 Å². The largest absolute Gasteiger partial charge is 0.392 e. The lowest BCUT2D eigenvalue weighted by Gasteiger charge is -2.20. The molecule has 0 amide bonds. The summed E-state index contributed by atoms with van der Waals surface area (Å²) in [6, 6.07) is 8.35. The number of benzene rings is 1. The number of aliphatic hydroxyl groups is 1. The molecule has 4 nitrogen and oxygen atoms in total. The number of aryl methyl sites for hydroxylation is 2. The molecule has 0 saturated heterocycles. The Morgan fingerprint density at radius 2 is 1.78 bits per heavy atom. The molecule has 1 heterocycles. The highest BCUT2D eigenvalue weighted by atomic mass is 16.3. The molecule has 0 aliphatic rings. The number of aromatic nitrogens is 2. The van der Waals surface area contributed by atoms with Gasteiger partial charge in [-0.15, -0.1) is 0 Å². The van der Waals surface area contributed by atoms with Gasteiger partial charge in [-0.2, -0.15) is 5.10 Å². The van der Waals surface area contributed by atoms with Crippen LogP contribution in [0, 0.1) is 19.8 Å². The van der Waals surface area contributed by atoms with Crippen molar-refractivity contribution in [2.24, 2.45) is 5.92 Å². The molecule has 0 aliphatic heterocycles. The molecule has 0 radical (unpaired) electrons. The minimum atomic E-state index is -0.280. The molecule has 2 N–H and O–H groups in total. The number of nitrogens with one attached hydrogen (secondary N) is 1. The minimum absolute atomic E-state index is 0.280. The van der Waals surface area contributed by atoms with Gasteiger partial charge in [0.05, 0.1) is 17.5 Å². The van der Waals surface area contributed by atoms with Crippen molar-refractivity contribution in [3.63, 3.8) is 0 Å². The Hall–Kier alpha value is -1.65. The lowest BCUT2D eigenvalue weighted by Crippen LogP contribution is -2.32. The van der Waals surface area contributed by atoms with Crippen LogP contribution in [0.25, 0.3) is 5.69 Å². The Morgan fingerprint density at radius 3 is 2.39 bits per heavy atom. The van der Waals surface area contributed by atoms with Crippen LogP contribution in [0.1, 0.15) is 43.5 Å². The van der Waals surface area contributed by atoms with Crippen molar-refractivity contribution in [2.75, 3.05) is 6.54 Å². The van der Waals surface area contributed by atoms with Crippen LogP contribution in [-0.4, -0.2) is 27.5 Å². The molecule has 0 bridgehead atoms. The van der Waals surface area contributed by atoms with E-state index in [4.69, 9.17) is 0 Å². The van der Waals surface area contributed by atoms with Crippen molar-refractivity contribution in [2.45, 2.75) is 53.2 Å². The minimum Gasteiger partial charge on any atom is -0.392 e. The van der Waals surface area contributed by atoms with E-state index in [1.54, 1.807) is 0 Å². The molecule has 2 aromatic rings. The Bertz CT molecular complexity index is 600. The van der Waals surface area contributed by atoms with E-state index in [9.17, 15) is 5.11 Å². The summed E-state index contributed by atoms with van der Waals surface area (Å²) in [7, 11) is 0. The Morgan fingerprint density at radius 1 is 1.13 bits per heavy atom. The zero-order chi connectivity index (χ0) is 16.8.